The van der Waals surface area contributed by atoms with E-state index < -0.39 is 0 Å². The van der Waals surface area contributed by atoms with E-state index in [1.54, 1.807) is 39.5 Å². The number of amides is 1. The van der Waals surface area contributed by atoms with Crippen LogP contribution in [0.25, 0.3) is 23.2 Å². The van der Waals surface area contributed by atoms with Crippen LogP contribution < -0.4 is 19.6 Å². The third kappa shape index (κ3) is 6.98. The minimum Gasteiger partial charge on any atom is -0.493 e. The third-order valence-electron chi connectivity index (χ3n) is 5.38. The van der Waals surface area contributed by atoms with Gasteiger partial charge in [0, 0.05) is 11.3 Å². The van der Waals surface area contributed by atoms with Gasteiger partial charge < -0.3 is 14.2 Å². The average molecular weight is 564 g/mol. The number of nitrogens with zero attached hydrogens (tertiary/aromatic N) is 4. The van der Waals surface area contributed by atoms with Crippen LogP contribution in [-0.4, -0.2) is 54.0 Å². The molecular weight excluding hydrogens is 538 g/mol. The summed E-state index contributed by atoms with van der Waals surface area (Å²) in [5.41, 5.74) is 4.94. The van der Waals surface area contributed by atoms with Gasteiger partial charge in [0.2, 0.25) is 5.75 Å². The first-order chi connectivity index (χ1) is 19.0. The largest absolute Gasteiger partial charge is 0.493 e. The summed E-state index contributed by atoms with van der Waals surface area (Å²) in [6.45, 7) is 0. The van der Waals surface area contributed by atoms with Gasteiger partial charge in [-0.3, -0.25) is 9.36 Å². The van der Waals surface area contributed by atoms with Gasteiger partial charge in [0.05, 0.1) is 38.3 Å². The number of thioether (sulfide) groups is 1. The molecule has 0 unspecified atom stereocenters. The monoisotopic (exact) mass is 563 g/mol. The first-order valence-electron chi connectivity index (χ1n) is 11.7. The van der Waals surface area contributed by atoms with E-state index in [0.717, 1.165) is 11.3 Å². The Kier molecular flexibility index (Phi) is 9.60. The van der Waals surface area contributed by atoms with E-state index in [9.17, 15) is 4.79 Å². The number of hydrazone groups is 1. The van der Waals surface area contributed by atoms with Crippen molar-refractivity contribution in [3.8, 4) is 34.3 Å². The molecule has 11 heteroatoms. The predicted octanol–water partition coefficient (Wildman–Crippen LogP) is 5.43. The Morgan fingerprint density at radius 3 is 2.23 bits per heavy atom. The molecule has 9 nitrogen and oxygen atoms in total. The molecule has 4 rings (SSSR count). The van der Waals surface area contributed by atoms with Crippen molar-refractivity contribution in [3.05, 3.63) is 83.4 Å². The number of carbonyl (C=O) groups is 1. The molecule has 0 atom stereocenters. The second-order valence-corrected chi connectivity index (χ2v) is 9.29. The Morgan fingerprint density at radius 2 is 1.62 bits per heavy atom. The molecule has 0 bridgehead atoms. The molecule has 0 radical (unpaired) electrons. The lowest BCUT2D eigenvalue weighted by atomic mass is 10.1. The second kappa shape index (κ2) is 13.5. The molecule has 0 aliphatic rings. The molecule has 200 valence electrons. The Bertz CT molecular complexity index is 1450. The van der Waals surface area contributed by atoms with Crippen molar-refractivity contribution in [2.75, 3.05) is 27.1 Å². The lowest BCUT2D eigenvalue weighted by molar-refractivity contribution is -0.118. The number of carbonyl (C=O) groups excluding carboxylic acids is 1. The average Bonchev–Trinajstić information content (AvgIpc) is 3.40. The van der Waals surface area contributed by atoms with Crippen molar-refractivity contribution < 1.29 is 19.0 Å². The van der Waals surface area contributed by atoms with Crippen LogP contribution in [-0.2, 0) is 4.79 Å². The van der Waals surface area contributed by atoms with Gasteiger partial charge in [-0.2, -0.15) is 5.10 Å². The molecule has 1 N–H and O–H groups in total. The quantitative estimate of drug-likeness (QED) is 0.147. The van der Waals surface area contributed by atoms with E-state index in [4.69, 9.17) is 25.8 Å². The fourth-order valence-corrected chi connectivity index (χ4v) is 4.56. The summed E-state index contributed by atoms with van der Waals surface area (Å²) in [6.07, 6.45) is 3.13. The highest BCUT2D eigenvalue weighted by Gasteiger charge is 2.21. The molecule has 1 aromatic heterocycles. The second-order valence-electron chi connectivity index (χ2n) is 7.91. The minimum atomic E-state index is -0.322. The molecule has 39 heavy (non-hydrogen) atoms. The van der Waals surface area contributed by atoms with E-state index in [1.165, 1.54) is 18.0 Å². The predicted molar refractivity (Wildman–Crippen MR) is 154 cm³/mol. The Hall–Kier alpha value is -4.28. The molecule has 1 amide bonds. The fraction of sp³-hybridized carbons (Fsp3) is 0.143. The van der Waals surface area contributed by atoms with Crippen molar-refractivity contribution in [3.63, 3.8) is 0 Å². The minimum absolute atomic E-state index is 0.0532. The lowest BCUT2D eigenvalue weighted by Crippen LogP contribution is -2.19. The topological polar surface area (TPSA) is 99.9 Å². The van der Waals surface area contributed by atoms with Crippen LogP contribution in [0, 0.1) is 0 Å². The summed E-state index contributed by atoms with van der Waals surface area (Å²) in [5.74, 6) is 1.72. The van der Waals surface area contributed by atoms with Gasteiger partial charge in [-0.1, -0.05) is 71.9 Å². The van der Waals surface area contributed by atoms with Gasteiger partial charge in [0.25, 0.3) is 5.91 Å². The third-order valence-corrected chi connectivity index (χ3v) is 6.52. The van der Waals surface area contributed by atoms with Crippen molar-refractivity contribution in [2.45, 2.75) is 5.16 Å². The maximum atomic E-state index is 12.5. The van der Waals surface area contributed by atoms with Crippen molar-refractivity contribution in [1.29, 1.82) is 0 Å². The van der Waals surface area contributed by atoms with Crippen molar-refractivity contribution in [2.24, 2.45) is 5.10 Å². The molecule has 0 fully saturated rings. The summed E-state index contributed by atoms with van der Waals surface area (Å²) in [6, 6.07) is 22.8. The van der Waals surface area contributed by atoms with Crippen LogP contribution in [0.4, 0.5) is 0 Å². The smallest absolute Gasteiger partial charge is 0.250 e. The number of halogens is 1. The lowest BCUT2D eigenvalue weighted by Gasteiger charge is -2.15. The number of benzene rings is 3. The highest BCUT2D eigenvalue weighted by Crippen LogP contribution is 2.41. The first-order valence-corrected chi connectivity index (χ1v) is 13.1. The number of hydrogen-bond donors (Lipinski definition) is 1. The number of para-hydroxylation sites is 1. The highest BCUT2D eigenvalue weighted by atomic mass is 35.5. The first kappa shape index (κ1) is 27.7. The van der Waals surface area contributed by atoms with Gasteiger partial charge >= 0.3 is 0 Å². The molecule has 4 aromatic rings. The Balaban J connectivity index is 1.54. The maximum absolute atomic E-state index is 12.5. The molecule has 0 spiro atoms. The zero-order valence-electron chi connectivity index (χ0n) is 21.5. The Labute approximate surface area is 235 Å². The summed E-state index contributed by atoms with van der Waals surface area (Å²) < 4.78 is 18.3. The fourth-order valence-electron chi connectivity index (χ4n) is 3.64. The summed E-state index contributed by atoms with van der Waals surface area (Å²) >= 11 is 7.41. The van der Waals surface area contributed by atoms with Gasteiger partial charge in [-0.15, -0.1) is 10.2 Å². The molecule has 0 aliphatic heterocycles. The van der Waals surface area contributed by atoms with Crippen LogP contribution in [0.2, 0.25) is 0 Å². The number of methoxy groups -OCH3 is 3. The van der Waals surface area contributed by atoms with E-state index in [0.29, 0.717) is 38.8 Å². The number of hydrogen-bond acceptors (Lipinski definition) is 8. The summed E-state index contributed by atoms with van der Waals surface area (Å²) in [5, 5.41) is 13.6. The molecule has 0 aliphatic carbocycles. The standard InChI is InChI=1S/C28H26ClN5O4S/c1-36-23-15-20(16-24(37-2)26(23)38-3)27-32-33-28(34(27)22-12-8-5-9-13-22)39-18-25(35)31-30-17-21(29)14-19-10-6-4-7-11-19/h4-17H,18H2,1-3H3,(H,31,35). The molecule has 0 saturated heterocycles. The van der Waals surface area contributed by atoms with Gasteiger partial charge in [0.1, 0.15) is 0 Å². The van der Waals surface area contributed by atoms with E-state index in [2.05, 4.69) is 20.7 Å². The van der Waals surface area contributed by atoms with Crippen LogP contribution >= 0.6 is 23.4 Å². The van der Waals surface area contributed by atoms with Crippen LogP contribution in [0.5, 0.6) is 17.2 Å². The van der Waals surface area contributed by atoms with E-state index >= 15 is 0 Å². The zero-order chi connectivity index (χ0) is 27.6. The highest BCUT2D eigenvalue weighted by molar-refractivity contribution is 7.99. The van der Waals surface area contributed by atoms with Gasteiger partial charge in [0.15, 0.2) is 22.5 Å². The van der Waals surface area contributed by atoms with Gasteiger partial charge in [-0.25, -0.2) is 5.43 Å². The number of rotatable bonds is 11. The van der Waals surface area contributed by atoms with Gasteiger partial charge in [-0.05, 0) is 35.9 Å². The van der Waals surface area contributed by atoms with Crippen molar-refractivity contribution >= 4 is 41.6 Å². The molecule has 0 saturated carbocycles. The number of nitrogens with one attached hydrogen (secondary N) is 1. The molecule has 3 aromatic carbocycles. The molecular formula is C28H26ClN5O4S. The van der Waals surface area contributed by atoms with E-state index in [-0.39, 0.29) is 11.7 Å². The van der Waals surface area contributed by atoms with E-state index in [1.807, 2.05) is 65.2 Å². The maximum Gasteiger partial charge on any atom is 0.250 e. The van der Waals surface area contributed by atoms with Crippen LogP contribution in [0.15, 0.2) is 88.1 Å². The van der Waals surface area contributed by atoms with Crippen LogP contribution in [0.3, 0.4) is 0 Å². The van der Waals surface area contributed by atoms with Crippen LogP contribution in [0.1, 0.15) is 5.56 Å². The summed E-state index contributed by atoms with van der Waals surface area (Å²) in [4.78, 5) is 12.5. The molecule has 1 heterocycles. The SMILES string of the molecule is COc1cc(-c2nnc(SCC(=O)NN=CC(Cl)=Cc3ccccc3)n2-c2ccccc2)cc(OC)c1OC. The Morgan fingerprint density at radius 1 is 0.974 bits per heavy atom. The number of ether oxygens (including phenoxy) is 3. The van der Waals surface area contributed by atoms with Crippen molar-refractivity contribution in [1.82, 2.24) is 20.2 Å². The number of allylic oxidation sites excluding steroid dienone is 1. The zero-order valence-corrected chi connectivity index (χ0v) is 23.1. The number of aromatic nitrogens is 3. The normalized spacial score (nSPS) is 11.4. The summed E-state index contributed by atoms with van der Waals surface area (Å²) in [7, 11) is 4.65.